The minimum atomic E-state index is -4.63. The van der Waals surface area contributed by atoms with E-state index in [-0.39, 0.29) is 24.2 Å². The van der Waals surface area contributed by atoms with Crippen molar-refractivity contribution in [3.05, 3.63) is 71.9 Å². The molecule has 35 heavy (non-hydrogen) atoms. The number of halogens is 3. The number of hydrogen-bond acceptors (Lipinski definition) is 3. The van der Waals surface area contributed by atoms with Gasteiger partial charge in [-0.15, -0.1) is 0 Å². The predicted octanol–water partition coefficient (Wildman–Crippen LogP) is 5.68. The lowest BCUT2D eigenvalue weighted by atomic mass is 9.92. The number of nitrogens with zero attached hydrogens (tertiary/aromatic N) is 3. The largest absolute Gasteiger partial charge is 0.418 e. The van der Waals surface area contributed by atoms with Crippen molar-refractivity contribution in [1.29, 1.82) is 0 Å². The minimum Gasteiger partial charge on any atom is -0.315 e. The summed E-state index contributed by atoms with van der Waals surface area (Å²) in [5.74, 6) is -0.0892. The van der Waals surface area contributed by atoms with Crippen LogP contribution in [0.15, 0.2) is 60.7 Å². The van der Waals surface area contributed by atoms with Crippen LogP contribution in [0.3, 0.4) is 0 Å². The molecule has 1 heterocycles. The summed E-state index contributed by atoms with van der Waals surface area (Å²) in [5, 5.41) is 9.68. The second-order valence-corrected chi connectivity index (χ2v) is 8.95. The number of rotatable bonds is 6. The van der Waals surface area contributed by atoms with E-state index in [1.807, 2.05) is 51.1 Å². The van der Waals surface area contributed by atoms with Crippen molar-refractivity contribution >= 4 is 23.4 Å². The molecule has 0 spiro atoms. The summed E-state index contributed by atoms with van der Waals surface area (Å²) in [6, 6.07) is 14.9. The third kappa shape index (κ3) is 6.40. The maximum Gasteiger partial charge on any atom is 0.418 e. The molecule has 1 aromatic heterocycles. The SMILES string of the molecule is CCN(CC(=O)Nc1cc(C(C)(C)C)nn1-c1ccccc1)C(=O)Nc1ccccc1C(F)(F)F. The highest BCUT2D eigenvalue weighted by Crippen LogP contribution is 2.34. The van der Waals surface area contributed by atoms with Gasteiger partial charge < -0.3 is 15.5 Å². The number of likely N-dealkylation sites (N-methyl/N-ethyl adjacent to an activating group) is 1. The van der Waals surface area contributed by atoms with Gasteiger partial charge in [-0.25, -0.2) is 9.48 Å². The zero-order chi connectivity index (χ0) is 25.8. The van der Waals surface area contributed by atoms with E-state index in [9.17, 15) is 22.8 Å². The van der Waals surface area contributed by atoms with E-state index in [0.29, 0.717) is 5.82 Å². The van der Waals surface area contributed by atoms with Gasteiger partial charge in [-0.1, -0.05) is 51.1 Å². The van der Waals surface area contributed by atoms with Gasteiger partial charge in [-0.2, -0.15) is 18.3 Å². The van der Waals surface area contributed by atoms with Crippen molar-refractivity contribution in [1.82, 2.24) is 14.7 Å². The Balaban J connectivity index is 1.78. The molecule has 0 fully saturated rings. The lowest BCUT2D eigenvalue weighted by Gasteiger charge is -2.22. The number of amides is 3. The Labute approximate surface area is 201 Å². The molecule has 7 nitrogen and oxygen atoms in total. The minimum absolute atomic E-state index is 0.110. The molecule has 3 aromatic rings. The number of urea groups is 1. The average Bonchev–Trinajstić information content (AvgIpc) is 3.22. The second-order valence-electron chi connectivity index (χ2n) is 8.95. The van der Waals surface area contributed by atoms with E-state index in [0.717, 1.165) is 22.3 Å². The van der Waals surface area contributed by atoms with Crippen molar-refractivity contribution in [2.45, 2.75) is 39.3 Å². The van der Waals surface area contributed by atoms with Crippen molar-refractivity contribution in [3.8, 4) is 5.69 Å². The molecular weight excluding hydrogens is 459 g/mol. The summed E-state index contributed by atoms with van der Waals surface area (Å²) in [5.41, 5.74) is -0.116. The molecule has 0 atom stereocenters. The number of carbonyl (C=O) groups excluding carboxylic acids is 2. The molecule has 0 saturated heterocycles. The molecule has 3 amide bonds. The van der Waals surface area contributed by atoms with Crippen LogP contribution in [0.5, 0.6) is 0 Å². The van der Waals surface area contributed by atoms with Crippen molar-refractivity contribution < 1.29 is 22.8 Å². The first-order valence-electron chi connectivity index (χ1n) is 11.1. The van der Waals surface area contributed by atoms with Crippen LogP contribution in [0, 0.1) is 0 Å². The van der Waals surface area contributed by atoms with Gasteiger partial charge in [0.15, 0.2) is 0 Å². The first kappa shape index (κ1) is 25.8. The molecule has 2 N–H and O–H groups in total. The van der Waals surface area contributed by atoms with Crippen LogP contribution in [0.25, 0.3) is 5.69 Å². The van der Waals surface area contributed by atoms with E-state index in [1.165, 1.54) is 18.2 Å². The Hall–Kier alpha value is -3.82. The maximum atomic E-state index is 13.3. The summed E-state index contributed by atoms with van der Waals surface area (Å²) in [6.07, 6.45) is -4.63. The topological polar surface area (TPSA) is 79.3 Å². The quantitative estimate of drug-likeness (QED) is 0.470. The number of para-hydroxylation sites is 2. The third-order valence-electron chi connectivity index (χ3n) is 5.22. The van der Waals surface area contributed by atoms with Crippen LogP contribution >= 0.6 is 0 Å². The number of hydrogen-bond donors (Lipinski definition) is 2. The zero-order valence-electron chi connectivity index (χ0n) is 20.0. The number of aromatic nitrogens is 2. The molecule has 3 rings (SSSR count). The number of alkyl halides is 3. The fourth-order valence-electron chi connectivity index (χ4n) is 3.32. The first-order chi connectivity index (χ1) is 16.4. The summed E-state index contributed by atoms with van der Waals surface area (Å²) in [7, 11) is 0. The zero-order valence-corrected chi connectivity index (χ0v) is 20.0. The molecule has 0 unspecified atom stereocenters. The van der Waals surface area contributed by atoms with Crippen molar-refractivity contribution in [2.75, 3.05) is 23.7 Å². The van der Waals surface area contributed by atoms with Gasteiger partial charge in [0.1, 0.15) is 12.4 Å². The fourth-order valence-corrected chi connectivity index (χ4v) is 3.32. The van der Waals surface area contributed by atoms with Crippen LogP contribution < -0.4 is 10.6 Å². The van der Waals surface area contributed by atoms with Crippen LogP contribution in [0.4, 0.5) is 29.5 Å². The Morgan fingerprint density at radius 3 is 2.20 bits per heavy atom. The van der Waals surface area contributed by atoms with Crippen molar-refractivity contribution in [3.63, 3.8) is 0 Å². The molecule has 186 valence electrons. The molecular formula is C25H28F3N5O2. The Morgan fingerprint density at radius 2 is 1.60 bits per heavy atom. The smallest absolute Gasteiger partial charge is 0.315 e. The molecule has 2 aromatic carbocycles. The number of carbonyl (C=O) groups is 2. The highest BCUT2D eigenvalue weighted by atomic mass is 19.4. The van der Waals surface area contributed by atoms with E-state index in [2.05, 4.69) is 15.7 Å². The Bertz CT molecular complexity index is 1180. The van der Waals surface area contributed by atoms with E-state index in [1.54, 1.807) is 17.7 Å². The molecule has 0 aliphatic heterocycles. The summed E-state index contributed by atoms with van der Waals surface area (Å²) < 4.78 is 41.4. The molecule has 0 aliphatic rings. The first-order valence-corrected chi connectivity index (χ1v) is 11.1. The van der Waals surface area contributed by atoms with Gasteiger partial charge in [0, 0.05) is 18.0 Å². The fraction of sp³-hybridized carbons (Fsp3) is 0.320. The van der Waals surface area contributed by atoms with Crippen LogP contribution in [0.1, 0.15) is 39.0 Å². The van der Waals surface area contributed by atoms with Gasteiger partial charge >= 0.3 is 12.2 Å². The van der Waals surface area contributed by atoms with Gasteiger partial charge in [0.25, 0.3) is 0 Å². The summed E-state index contributed by atoms with van der Waals surface area (Å²) >= 11 is 0. The number of anilines is 2. The van der Waals surface area contributed by atoms with Crippen molar-refractivity contribution in [2.24, 2.45) is 0 Å². The van der Waals surface area contributed by atoms with E-state index < -0.39 is 23.7 Å². The highest BCUT2D eigenvalue weighted by molar-refractivity contribution is 5.97. The van der Waals surface area contributed by atoms with E-state index in [4.69, 9.17) is 0 Å². The average molecular weight is 488 g/mol. The monoisotopic (exact) mass is 487 g/mol. The number of nitrogens with one attached hydrogen (secondary N) is 2. The molecule has 0 radical (unpaired) electrons. The lowest BCUT2D eigenvalue weighted by Crippen LogP contribution is -2.40. The Kier molecular flexibility index (Phi) is 7.52. The van der Waals surface area contributed by atoms with Gasteiger partial charge in [-0.05, 0) is 31.2 Å². The lowest BCUT2D eigenvalue weighted by molar-refractivity contribution is -0.137. The van der Waals surface area contributed by atoms with Gasteiger partial charge in [0.05, 0.1) is 22.6 Å². The standard InChI is InChI=1S/C25H28F3N5O2/c1-5-32(23(35)29-19-14-10-9-13-18(19)25(26,27)28)16-22(34)30-21-15-20(24(2,3)4)31-33(21)17-11-7-6-8-12-17/h6-15H,5,16H2,1-4H3,(H,29,35)(H,30,34). The third-order valence-corrected chi connectivity index (χ3v) is 5.22. The van der Waals surface area contributed by atoms with Gasteiger partial charge in [0.2, 0.25) is 5.91 Å². The molecule has 0 saturated carbocycles. The molecule has 0 bridgehead atoms. The second kappa shape index (κ2) is 10.2. The summed E-state index contributed by atoms with van der Waals surface area (Å²) in [4.78, 5) is 26.7. The number of benzene rings is 2. The van der Waals surface area contributed by atoms with Gasteiger partial charge in [-0.3, -0.25) is 4.79 Å². The normalized spacial score (nSPS) is 11.7. The van der Waals surface area contributed by atoms with Crippen LogP contribution in [0.2, 0.25) is 0 Å². The van der Waals surface area contributed by atoms with E-state index >= 15 is 0 Å². The van der Waals surface area contributed by atoms with Crippen LogP contribution in [-0.4, -0.2) is 39.7 Å². The molecule has 0 aliphatic carbocycles. The van der Waals surface area contributed by atoms with Crippen LogP contribution in [-0.2, 0) is 16.4 Å². The molecule has 10 heteroatoms. The maximum absolute atomic E-state index is 13.3. The highest BCUT2D eigenvalue weighted by Gasteiger charge is 2.34. The Morgan fingerprint density at radius 1 is 0.971 bits per heavy atom. The predicted molar refractivity (Wildman–Crippen MR) is 129 cm³/mol. The summed E-state index contributed by atoms with van der Waals surface area (Å²) in [6.45, 7) is 7.38.